The second-order valence-electron chi connectivity index (χ2n) is 16.2. The summed E-state index contributed by atoms with van der Waals surface area (Å²) in [7, 11) is 0. The first kappa shape index (κ1) is 30.2. The maximum Gasteiger partial charge on any atom is 0.410 e. The Kier molecular flexibility index (Phi) is 8.36. The molecule has 2 amide bonds. The van der Waals surface area contributed by atoms with Crippen LogP contribution in [0.25, 0.3) is 0 Å². The minimum absolute atomic E-state index is 0.0287. The lowest BCUT2D eigenvalue weighted by Gasteiger charge is -2.61. The van der Waals surface area contributed by atoms with Crippen molar-refractivity contribution in [2.75, 3.05) is 19.6 Å². The fraction of sp³-hybridized carbons (Fsp3) is 0.941. The van der Waals surface area contributed by atoms with Crippen LogP contribution in [0.5, 0.6) is 0 Å². The van der Waals surface area contributed by atoms with Crippen LogP contribution in [-0.4, -0.2) is 64.3 Å². The van der Waals surface area contributed by atoms with Crippen LogP contribution in [0.1, 0.15) is 119 Å². The minimum atomic E-state index is -0.508. The number of carbonyl (C=O) groups excluding carboxylic acids is 2. The highest BCUT2D eigenvalue weighted by Gasteiger charge is 2.60. The minimum Gasteiger partial charge on any atom is -0.444 e. The average molecular weight is 559 g/mol. The van der Waals surface area contributed by atoms with Gasteiger partial charge >= 0.3 is 6.09 Å². The first-order valence-electron chi connectivity index (χ1n) is 16.7. The Morgan fingerprint density at radius 1 is 0.975 bits per heavy atom. The van der Waals surface area contributed by atoms with Crippen molar-refractivity contribution in [3.8, 4) is 0 Å². The molecule has 4 saturated carbocycles. The number of piperazine rings is 1. The van der Waals surface area contributed by atoms with Gasteiger partial charge < -0.3 is 19.6 Å². The van der Waals surface area contributed by atoms with Crippen molar-refractivity contribution in [2.45, 2.75) is 137 Å². The van der Waals surface area contributed by atoms with Crippen LogP contribution < -0.4 is 0 Å². The van der Waals surface area contributed by atoms with Gasteiger partial charge in [-0.1, -0.05) is 20.8 Å². The van der Waals surface area contributed by atoms with E-state index in [2.05, 4.69) is 20.8 Å². The first-order chi connectivity index (χ1) is 18.7. The van der Waals surface area contributed by atoms with E-state index in [0.717, 1.165) is 42.9 Å². The molecular formula is C34H58N2O4. The molecule has 5 rings (SSSR count). The van der Waals surface area contributed by atoms with Gasteiger partial charge in [0.1, 0.15) is 5.60 Å². The quantitative estimate of drug-likeness (QED) is 0.408. The van der Waals surface area contributed by atoms with Crippen molar-refractivity contribution in [1.82, 2.24) is 9.80 Å². The van der Waals surface area contributed by atoms with Gasteiger partial charge in [-0.15, -0.1) is 0 Å². The third-order valence-electron chi connectivity index (χ3n) is 12.8. The van der Waals surface area contributed by atoms with E-state index in [1.807, 2.05) is 32.6 Å². The molecule has 0 bridgehead atoms. The van der Waals surface area contributed by atoms with Crippen molar-refractivity contribution in [3.63, 3.8) is 0 Å². The van der Waals surface area contributed by atoms with Gasteiger partial charge in [-0.2, -0.15) is 0 Å². The van der Waals surface area contributed by atoms with E-state index in [-0.39, 0.29) is 24.1 Å². The summed E-state index contributed by atoms with van der Waals surface area (Å²) in [6.07, 6.45) is 12.6. The normalized spacial score (nSPS) is 42.5. The van der Waals surface area contributed by atoms with Crippen molar-refractivity contribution < 1.29 is 19.4 Å². The molecule has 4 aliphatic carbocycles. The van der Waals surface area contributed by atoms with Gasteiger partial charge in [0.25, 0.3) is 0 Å². The molecule has 40 heavy (non-hydrogen) atoms. The molecule has 0 aromatic carbocycles. The molecule has 5 fully saturated rings. The molecule has 1 aliphatic heterocycles. The summed E-state index contributed by atoms with van der Waals surface area (Å²) in [6.45, 7) is 17.0. The summed E-state index contributed by atoms with van der Waals surface area (Å²) in [5.74, 6) is 4.78. The van der Waals surface area contributed by atoms with E-state index in [1.54, 1.807) is 4.90 Å². The summed E-state index contributed by atoms with van der Waals surface area (Å²) < 4.78 is 5.57. The highest BCUT2D eigenvalue weighted by atomic mass is 16.6. The summed E-state index contributed by atoms with van der Waals surface area (Å²) in [5.41, 5.74) is 0.338. The summed E-state index contributed by atoms with van der Waals surface area (Å²) in [6, 6.07) is -0.0287. The first-order valence-corrected chi connectivity index (χ1v) is 16.7. The van der Waals surface area contributed by atoms with E-state index in [1.165, 1.54) is 44.9 Å². The lowest BCUT2D eigenvalue weighted by Crippen LogP contribution is -2.56. The van der Waals surface area contributed by atoms with Gasteiger partial charge in [-0.3, -0.25) is 4.79 Å². The Labute approximate surface area is 244 Å². The zero-order chi connectivity index (χ0) is 29.0. The molecule has 1 saturated heterocycles. The molecule has 6 heteroatoms. The third-order valence-corrected chi connectivity index (χ3v) is 12.8. The fourth-order valence-corrected chi connectivity index (χ4v) is 10.7. The van der Waals surface area contributed by atoms with Gasteiger partial charge in [0, 0.05) is 32.1 Å². The molecule has 1 heterocycles. The van der Waals surface area contributed by atoms with Gasteiger partial charge in [0.05, 0.1) is 6.10 Å². The zero-order valence-electron chi connectivity index (χ0n) is 26.6. The molecule has 1 N–H and O–H groups in total. The molecule has 0 unspecified atom stereocenters. The van der Waals surface area contributed by atoms with Gasteiger partial charge in [0.2, 0.25) is 5.91 Å². The maximum atomic E-state index is 13.3. The Bertz CT molecular complexity index is 947. The van der Waals surface area contributed by atoms with E-state index >= 15 is 0 Å². The lowest BCUT2D eigenvalue weighted by atomic mass is 9.44. The standard InChI is InChI=1S/C34H58N2O4/c1-22(8-13-30(38)35-18-19-36(23(2)21-35)31(39)40-32(3,4)5)27-11-12-28-26-10-9-24-20-25(37)14-16-33(24,6)29(26)15-17-34(27,28)7/h22-29,37H,8-21H2,1-7H3/t22-,23+,24+,25+,26+,27-,28+,29+,33+,34-/m1/s1. The number of fused-ring (bicyclic) bond motifs is 5. The highest BCUT2D eigenvalue weighted by Crippen LogP contribution is 2.68. The third kappa shape index (κ3) is 5.56. The summed E-state index contributed by atoms with van der Waals surface area (Å²) >= 11 is 0. The van der Waals surface area contributed by atoms with Crippen LogP contribution >= 0.6 is 0 Å². The second-order valence-corrected chi connectivity index (χ2v) is 16.2. The smallest absolute Gasteiger partial charge is 0.410 e. The zero-order valence-corrected chi connectivity index (χ0v) is 26.6. The second kappa shape index (κ2) is 11.1. The van der Waals surface area contributed by atoms with E-state index in [9.17, 15) is 14.7 Å². The van der Waals surface area contributed by atoms with Crippen LogP contribution in [0.4, 0.5) is 4.79 Å². The predicted octanol–water partition coefficient (Wildman–Crippen LogP) is 6.89. The molecule has 0 aromatic rings. The number of aliphatic hydroxyl groups is 1. The number of amides is 2. The van der Waals surface area contributed by atoms with E-state index in [0.29, 0.717) is 48.7 Å². The van der Waals surface area contributed by atoms with Gasteiger partial charge in [-0.05, 0) is 138 Å². The number of nitrogens with zero attached hydrogens (tertiary/aromatic N) is 2. The maximum absolute atomic E-state index is 13.3. The summed E-state index contributed by atoms with van der Waals surface area (Å²) in [5, 5.41) is 10.4. The van der Waals surface area contributed by atoms with Crippen molar-refractivity contribution in [1.29, 1.82) is 0 Å². The van der Waals surface area contributed by atoms with Crippen molar-refractivity contribution in [2.24, 2.45) is 46.3 Å². The predicted molar refractivity (Wildman–Crippen MR) is 159 cm³/mol. The molecule has 228 valence electrons. The molecule has 10 atom stereocenters. The Hall–Kier alpha value is -1.30. The van der Waals surface area contributed by atoms with Crippen LogP contribution in [0.2, 0.25) is 0 Å². The monoisotopic (exact) mass is 558 g/mol. The van der Waals surface area contributed by atoms with Gasteiger partial charge in [-0.25, -0.2) is 4.79 Å². The van der Waals surface area contributed by atoms with E-state index < -0.39 is 5.60 Å². The number of carbonyl (C=O) groups is 2. The fourth-order valence-electron chi connectivity index (χ4n) is 10.7. The van der Waals surface area contributed by atoms with Crippen molar-refractivity contribution >= 4 is 12.0 Å². The summed E-state index contributed by atoms with van der Waals surface area (Å²) in [4.78, 5) is 29.6. The number of hydrogen-bond donors (Lipinski definition) is 1. The van der Waals surface area contributed by atoms with Crippen LogP contribution in [0, 0.1) is 46.3 Å². The van der Waals surface area contributed by atoms with Crippen LogP contribution in [0.3, 0.4) is 0 Å². The SMILES string of the molecule is C[C@H](CCC(=O)N1CCN(C(=O)OC(C)(C)C)[C@@H](C)C1)[C@H]1CC[C@H]2[C@@H]3CC[C@H]4C[C@@H](O)CC[C@]4(C)[C@H]3CC[C@]12C. The number of aliphatic hydroxyl groups excluding tert-OH is 1. The number of ether oxygens (including phenoxy) is 1. The van der Waals surface area contributed by atoms with Crippen LogP contribution in [0.15, 0.2) is 0 Å². The molecule has 6 nitrogen and oxygen atoms in total. The molecular weight excluding hydrogens is 500 g/mol. The average Bonchev–Trinajstić information content (AvgIpc) is 3.23. The molecule has 0 radical (unpaired) electrons. The molecule has 5 aliphatic rings. The van der Waals surface area contributed by atoms with Crippen molar-refractivity contribution in [3.05, 3.63) is 0 Å². The lowest BCUT2D eigenvalue weighted by molar-refractivity contribution is -0.135. The van der Waals surface area contributed by atoms with Gasteiger partial charge in [0.15, 0.2) is 0 Å². The number of rotatable bonds is 4. The van der Waals surface area contributed by atoms with Crippen LogP contribution in [-0.2, 0) is 9.53 Å². The molecule has 0 aromatic heterocycles. The highest BCUT2D eigenvalue weighted by molar-refractivity contribution is 5.77. The van der Waals surface area contributed by atoms with E-state index in [4.69, 9.17) is 4.74 Å². The topological polar surface area (TPSA) is 70.1 Å². The Morgan fingerprint density at radius 2 is 1.68 bits per heavy atom. The largest absolute Gasteiger partial charge is 0.444 e. The Balaban J connectivity index is 1.14. The molecule has 0 spiro atoms. The number of hydrogen-bond acceptors (Lipinski definition) is 4. The Morgan fingerprint density at radius 3 is 2.38 bits per heavy atom.